The third-order valence-corrected chi connectivity index (χ3v) is 3.74. The van der Waals surface area contributed by atoms with E-state index in [1.54, 1.807) is 25.3 Å². The molecule has 24 heavy (non-hydrogen) atoms. The van der Waals surface area contributed by atoms with E-state index in [1.807, 2.05) is 30.3 Å². The molecule has 3 aromatic rings. The Hall–Kier alpha value is -2.79. The number of benzene rings is 2. The molecule has 1 amide bonds. The van der Waals surface area contributed by atoms with Gasteiger partial charge in [0.05, 0.1) is 7.11 Å². The summed E-state index contributed by atoms with van der Waals surface area (Å²) in [4.78, 5) is 16.5. The number of ether oxygens (including phenoxy) is 1. The van der Waals surface area contributed by atoms with Gasteiger partial charge in [-0.25, -0.2) is 4.98 Å². The van der Waals surface area contributed by atoms with E-state index in [2.05, 4.69) is 10.3 Å². The summed E-state index contributed by atoms with van der Waals surface area (Å²) in [5, 5.41) is 3.39. The van der Waals surface area contributed by atoms with Gasteiger partial charge in [0.25, 0.3) is 5.91 Å². The number of nitrogens with zero attached hydrogens (tertiary/aromatic N) is 1. The summed E-state index contributed by atoms with van der Waals surface area (Å²) in [5.74, 6) is 0.771. The summed E-state index contributed by atoms with van der Waals surface area (Å²) < 4.78 is 10.6. The number of nitrogens with one attached hydrogen (secondary N) is 1. The number of halogens is 1. The van der Waals surface area contributed by atoms with Crippen molar-refractivity contribution < 1.29 is 13.9 Å². The van der Waals surface area contributed by atoms with Gasteiger partial charge in [-0.15, -0.1) is 0 Å². The maximum Gasteiger partial charge on any atom is 0.274 e. The fourth-order valence-corrected chi connectivity index (χ4v) is 2.54. The number of carbonyl (C=O) groups excluding carboxylic acids is 1. The SMILES string of the molecule is COc1ccccc1CNC(=O)c1ncoc1-c1cccc(Cl)c1. The molecule has 0 unspecified atom stereocenters. The summed E-state index contributed by atoms with van der Waals surface area (Å²) >= 11 is 5.99. The maximum atomic E-state index is 12.5. The van der Waals surface area contributed by atoms with Crippen molar-refractivity contribution in [2.75, 3.05) is 7.11 Å². The molecule has 0 spiro atoms. The van der Waals surface area contributed by atoms with Gasteiger partial charge in [0.1, 0.15) is 5.75 Å². The highest BCUT2D eigenvalue weighted by Crippen LogP contribution is 2.26. The molecule has 0 aliphatic rings. The first-order chi connectivity index (χ1) is 11.7. The minimum atomic E-state index is -0.329. The largest absolute Gasteiger partial charge is 0.496 e. The lowest BCUT2D eigenvalue weighted by atomic mass is 10.1. The van der Waals surface area contributed by atoms with Crippen molar-refractivity contribution in [1.29, 1.82) is 0 Å². The van der Waals surface area contributed by atoms with Crippen LogP contribution >= 0.6 is 11.6 Å². The van der Waals surface area contributed by atoms with Crippen LogP contribution in [0.5, 0.6) is 5.75 Å². The number of methoxy groups -OCH3 is 1. The van der Waals surface area contributed by atoms with E-state index in [-0.39, 0.29) is 11.6 Å². The van der Waals surface area contributed by atoms with E-state index in [0.29, 0.717) is 28.6 Å². The summed E-state index contributed by atoms with van der Waals surface area (Å²) in [5.41, 5.74) is 1.79. The van der Waals surface area contributed by atoms with Crippen LogP contribution in [0.1, 0.15) is 16.1 Å². The Bertz CT molecular complexity index is 861. The standard InChI is InChI=1S/C18H15ClN2O3/c1-23-15-8-3-2-5-13(15)10-20-18(22)16-17(24-11-21-16)12-6-4-7-14(19)9-12/h2-9,11H,10H2,1H3,(H,20,22). The predicted molar refractivity (Wildman–Crippen MR) is 91.1 cm³/mol. The van der Waals surface area contributed by atoms with Crippen molar-refractivity contribution in [3.63, 3.8) is 0 Å². The highest BCUT2D eigenvalue weighted by molar-refractivity contribution is 6.30. The van der Waals surface area contributed by atoms with Crippen LogP contribution in [0.15, 0.2) is 59.3 Å². The van der Waals surface area contributed by atoms with Crippen molar-refractivity contribution in [2.45, 2.75) is 6.54 Å². The Morgan fingerprint density at radius 1 is 1.25 bits per heavy atom. The Labute approximate surface area is 144 Å². The van der Waals surface area contributed by atoms with Crippen molar-refractivity contribution >= 4 is 17.5 Å². The minimum Gasteiger partial charge on any atom is -0.496 e. The number of hydrogen-bond donors (Lipinski definition) is 1. The predicted octanol–water partition coefficient (Wildman–Crippen LogP) is 3.93. The molecule has 0 atom stereocenters. The minimum absolute atomic E-state index is 0.215. The number of rotatable bonds is 5. The second-order valence-corrected chi connectivity index (χ2v) is 5.47. The highest BCUT2D eigenvalue weighted by atomic mass is 35.5. The molecule has 0 aliphatic carbocycles. The van der Waals surface area contributed by atoms with Crippen molar-refractivity contribution in [3.8, 4) is 17.1 Å². The molecule has 1 heterocycles. The van der Waals surface area contributed by atoms with Crippen molar-refractivity contribution in [2.24, 2.45) is 0 Å². The van der Waals surface area contributed by atoms with Gasteiger partial charge in [-0.3, -0.25) is 4.79 Å². The molecule has 1 aromatic heterocycles. The molecule has 0 radical (unpaired) electrons. The maximum absolute atomic E-state index is 12.5. The summed E-state index contributed by atoms with van der Waals surface area (Å²) in [7, 11) is 1.59. The molecule has 0 aliphatic heterocycles. The average molecular weight is 343 g/mol. The monoisotopic (exact) mass is 342 g/mol. The van der Waals surface area contributed by atoms with Gasteiger partial charge in [-0.2, -0.15) is 0 Å². The molecule has 0 bridgehead atoms. The lowest BCUT2D eigenvalue weighted by Gasteiger charge is -2.09. The quantitative estimate of drug-likeness (QED) is 0.763. The average Bonchev–Trinajstić information content (AvgIpc) is 3.09. The molecule has 0 saturated heterocycles. The van der Waals surface area contributed by atoms with Crippen LogP contribution in [-0.2, 0) is 6.54 Å². The molecular formula is C18H15ClN2O3. The summed E-state index contributed by atoms with van der Waals surface area (Å²) in [6.07, 6.45) is 1.24. The molecule has 2 aromatic carbocycles. The number of aromatic nitrogens is 1. The third kappa shape index (κ3) is 3.41. The third-order valence-electron chi connectivity index (χ3n) is 3.50. The Kier molecular flexibility index (Phi) is 4.82. The molecule has 0 fully saturated rings. The summed E-state index contributed by atoms with van der Waals surface area (Å²) in [6.45, 7) is 0.324. The number of hydrogen-bond acceptors (Lipinski definition) is 4. The van der Waals surface area contributed by atoms with E-state index < -0.39 is 0 Å². The number of oxazole rings is 1. The Morgan fingerprint density at radius 3 is 2.88 bits per heavy atom. The van der Waals surface area contributed by atoms with Crippen LogP contribution in [-0.4, -0.2) is 18.0 Å². The fourth-order valence-electron chi connectivity index (χ4n) is 2.35. The molecule has 122 valence electrons. The van der Waals surface area contributed by atoms with Crippen molar-refractivity contribution in [1.82, 2.24) is 10.3 Å². The molecule has 6 heteroatoms. The number of para-hydroxylation sites is 1. The first-order valence-corrected chi connectivity index (χ1v) is 7.66. The van der Waals surface area contributed by atoms with Crippen LogP contribution in [0.25, 0.3) is 11.3 Å². The Balaban J connectivity index is 1.78. The van der Waals surface area contributed by atoms with Crippen LogP contribution in [0.4, 0.5) is 0 Å². The van der Waals surface area contributed by atoms with E-state index in [1.165, 1.54) is 6.39 Å². The zero-order valence-electron chi connectivity index (χ0n) is 13.0. The van der Waals surface area contributed by atoms with Gasteiger partial charge >= 0.3 is 0 Å². The smallest absolute Gasteiger partial charge is 0.274 e. The number of carbonyl (C=O) groups is 1. The zero-order chi connectivity index (χ0) is 16.9. The lowest BCUT2D eigenvalue weighted by Crippen LogP contribution is -2.24. The van der Waals surface area contributed by atoms with Gasteiger partial charge in [0.2, 0.25) is 0 Å². The Morgan fingerprint density at radius 2 is 2.08 bits per heavy atom. The lowest BCUT2D eigenvalue weighted by molar-refractivity contribution is 0.0946. The van der Waals surface area contributed by atoms with E-state index in [0.717, 1.165) is 5.56 Å². The van der Waals surface area contributed by atoms with Crippen LogP contribution in [0, 0.1) is 0 Å². The first-order valence-electron chi connectivity index (χ1n) is 7.28. The van der Waals surface area contributed by atoms with E-state index >= 15 is 0 Å². The van der Waals surface area contributed by atoms with E-state index in [9.17, 15) is 4.79 Å². The van der Waals surface area contributed by atoms with Crippen LogP contribution in [0.3, 0.4) is 0 Å². The topological polar surface area (TPSA) is 64.4 Å². The van der Waals surface area contributed by atoms with Gasteiger partial charge < -0.3 is 14.5 Å². The first kappa shape index (κ1) is 16.1. The second-order valence-electron chi connectivity index (χ2n) is 5.03. The van der Waals surface area contributed by atoms with Crippen LogP contribution in [0.2, 0.25) is 5.02 Å². The molecule has 3 rings (SSSR count). The van der Waals surface area contributed by atoms with Gasteiger partial charge in [0, 0.05) is 22.7 Å². The van der Waals surface area contributed by atoms with Gasteiger partial charge in [-0.1, -0.05) is 41.9 Å². The van der Waals surface area contributed by atoms with Gasteiger partial charge in [0.15, 0.2) is 17.8 Å². The summed E-state index contributed by atoms with van der Waals surface area (Å²) in [6, 6.07) is 14.6. The molecule has 0 saturated carbocycles. The fraction of sp³-hybridized carbons (Fsp3) is 0.111. The van der Waals surface area contributed by atoms with E-state index in [4.69, 9.17) is 20.8 Å². The van der Waals surface area contributed by atoms with Crippen molar-refractivity contribution in [3.05, 3.63) is 71.2 Å². The highest BCUT2D eigenvalue weighted by Gasteiger charge is 2.18. The molecular weight excluding hydrogens is 328 g/mol. The molecule has 1 N–H and O–H groups in total. The van der Waals surface area contributed by atoms with Gasteiger partial charge in [-0.05, 0) is 18.2 Å². The second kappa shape index (κ2) is 7.19. The normalized spacial score (nSPS) is 10.4. The molecule has 5 nitrogen and oxygen atoms in total. The van der Waals surface area contributed by atoms with Crippen LogP contribution < -0.4 is 10.1 Å². The number of amides is 1. The zero-order valence-corrected chi connectivity index (χ0v) is 13.7.